The maximum Gasteiger partial charge on any atom is 0.285 e. The molecule has 3 unspecified atom stereocenters. The minimum atomic E-state index is 0.0209. The SMILES string of the molecule is CCNc1nnc(C(=O)N2CC(C)CC(C)C2C)s1. The van der Waals surface area contributed by atoms with Crippen molar-refractivity contribution in [3.05, 3.63) is 5.01 Å². The molecule has 0 aromatic carbocycles. The lowest BCUT2D eigenvalue weighted by Crippen LogP contribution is -2.48. The average Bonchev–Trinajstić information content (AvgIpc) is 2.82. The second-order valence-electron chi connectivity index (χ2n) is 5.46. The number of amides is 1. The number of piperidine rings is 1. The van der Waals surface area contributed by atoms with Crippen LogP contribution < -0.4 is 5.32 Å². The van der Waals surface area contributed by atoms with E-state index in [0.717, 1.165) is 18.2 Å². The van der Waals surface area contributed by atoms with E-state index in [4.69, 9.17) is 0 Å². The first-order valence-electron chi connectivity index (χ1n) is 6.91. The second kappa shape index (κ2) is 5.86. The molecule has 3 atom stereocenters. The number of rotatable bonds is 3. The van der Waals surface area contributed by atoms with Gasteiger partial charge in [-0.05, 0) is 32.1 Å². The van der Waals surface area contributed by atoms with Gasteiger partial charge in [-0.25, -0.2) is 0 Å². The Morgan fingerprint density at radius 3 is 2.84 bits per heavy atom. The van der Waals surface area contributed by atoms with E-state index in [9.17, 15) is 4.79 Å². The zero-order chi connectivity index (χ0) is 14.0. The number of carbonyl (C=O) groups is 1. The number of aromatic nitrogens is 2. The van der Waals surface area contributed by atoms with Gasteiger partial charge in [0.1, 0.15) is 0 Å². The summed E-state index contributed by atoms with van der Waals surface area (Å²) < 4.78 is 0. The van der Waals surface area contributed by atoms with Crippen molar-refractivity contribution < 1.29 is 4.79 Å². The summed E-state index contributed by atoms with van der Waals surface area (Å²) >= 11 is 1.34. The normalized spacial score (nSPS) is 27.4. The largest absolute Gasteiger partial charge is 0.360 e. The summed E-state index contributed by atoms with van der Waals surface area (Å²) in [5.74, 6) is 1.11. The molecule has 2 heterocycles. The summed E-state index contributed by atoms with van der Waals surface area (Å²) in [7, 11) is 0. The topological polar surface area (TPSA) is 58.1 Å². The quantitative estimate of drug-likeness (QED) is 0.925. The Labute approximate surface area is 118 Å². The van der Waals surface area contributed by atoms with Crippen LogP contribution in [-0.4, -0.2) is 40.1 Å². The van der Waals surface area contributed by atoms with Gasteiger partial charge in [-0.2, -0.15) is 0 Å². The Morgan fingerprint density at radius 2 is 2.16 bits per heavy atom. The van der Waals surface area contributed by atoms with Crippen LogP contribution in [0.1, 0.15) is 43.9 Å². The molecule has 0 bridgehead atoms. The molecule has 5 nitrogen and oxygen atoms in total. The molecule has 2 rings (SSSR count). The van der Waals surface area contributed by atoms with Crippen LogP contribution in [-0.2, 0) is 0 Å². The molecule has 6 heteroatoms. The van der Waals surface area contributed by atoms with Crippen molar-refractivity contribution in [1.82, 2.24) is 15.1 Å². The van der Waals surface area contributed by atoms with Crippen LogP contribution in [0.3, 0.4) is 0 Å². The maximum atomic E-state index is 12.5. The number of hydrogen-bond acceptors (Lipinski definition) is 5. The van der Waals surface area contributed by atoms with Crippen LogP contribution in [0.2, 0.25) is 0 Å². The van der Waals surface area contributed by atoms with Crippen molar-refractivity contribution in [2.45, 2.75) is 40.2 Å². The van der Waals surface area contributed by atoms with E-state index in [2.05, 4.69) is 36.3 Å². The number of anilines is 1. The summed E-state index contributed by atoms with van der Waals surface area (Å²) in [6.45, 7) is 10.1. The molecule has 1 aromatic rings. The number of nitrogens with zero attached hydrogens (tertiary/aromatic N) is 3. The van der Waals surface area contributed by atoms with Crippen molar-refractivity contribution in [2.75, 3.05) is 18.4 Å². The molecular weight excluding hydrogens is 260 g/mol. The van der Waals surface area contributed by atoms with Crippen LogP contribution >= 0.6 is 11.3 Å². The molecule has 1 amide bonds. The third-order valence-corrected chi connectivity index (χ3v) is 4.66. The molecule has 1 aromatic heterocycles. The first kappa shape index (κ1) is 14.2. The van der Waals surface area contributed by atoms with Crippen molar-refractivity contribution in [1.29, 1.82) is 0 Å². The lowest BCUT2D eigenvalue weighted by atomic mass is 9.86. The number of hydrogen-bond donors (Lipinski definition) is 1. The molecule has 0 saturated carbocycles. The fourth-order valence-electron chi connectivity index (χ4n) is 2.64. The van der Waals surface area contributed by atoms with Gasteiger partial charge in [-0.3, -0.25) is 4.79 Å². The monoisotopic (exact) mass is 282 g/mol. The first-order chi connectivity index (χ1) is 9.02. The van der Waals surface area contributed by atoms with E-state index in [1.165, 1.54) is 17.8 Å². The Morgan fingerprint density at radius 1 is 1.42 bits per heavy atom. The van der Waals surface area contributed by atoms with Crippen molar-refractivity contribution >= 4 is 22.4 Å². The van der Waals surface area contributed by atoms with Gasteiger partial charge >= 0.3 is 0 Å². The molecule has 0 aliphatic carbocycles. The molecule has 19 heavy (non-hydrogen) atoms. The summed E-state index contributed by atoms with van der Waals surface area (Å²) in [5.41, 5.74) is 0. The minimum Gasteiger partial charge on any atom is -0.360 e. The van der Waals surface area contributed by atoms with Crippen molar-refractivity contribution in [3.8, 4) is 0 Å². The third-order valence-electron chi connectivity index (χ3n) is 3.79. The molecule has 0 radical (unpaired) electrons. The molecule has 0 spiro atoms. The van der Waals surface area contributed by atoms with Crippen LogP contribution in [0.4, 0.5) is 5.13 Å². The number of likely N-dealkylation sites (tertiary alicyclic amines) is 1. The van der Waals surface area contributed by atoms with Gasteiger partial charge in [-0.1, -0.05) is 25.2 Å². The fourth-order valence-corrected chi connectivity index (χ4v) is 3.41. The highest BCUT2D eigenvalue weighted by molar-refractivity contribution is 7.17. The molecule has 1 aliphatic heterocycles. The van der Waals surface area contributed by atoms with E-state index >= 15 is 0 Å². The minimum absolute atomic E-state index is 0.0209. The van der Waals surface area contributed by atoms with Crippen LogP contribution in [0, 0.1) is 11.8 Å². The van der Waals surface area contributed by atoms with Crippen molar-refractivity contribution in [3.63, 3.8) is 0 Å². The number of carbonyl (C=O) groups excluding carboxylic acids is 1. The Kier molecular flexibility index (Phi) is 4.39. The standard InChI is InChI=1S/C13H22N4OS/c1-5-14-13-16-15-11(19-13)12(18)17-7-8(2)6-9(3)10(17)4/h8-10H,5-7H2,1-4H3,(H,14,16). The Hall–Kier alpha value is -1.17. The van der Waals surface area contributed by atoms with Gasteiger partial charge in [0.25, 0.3) is 5.91 Å². The highest BCUT2D eigenvalue weighted by atomic mass is 32.1. The third kappa shape index (κ3) is 3.05. The average molecular weight is 282 g/mol. The first-order valence-corrected chi connectivity index (χ1v) is 7.72. The van der Waals surface area contributed by atoms with E-state index in [1.807, 2.05) is 11.8 Å². The van der Waals surface area contributed by atoms with E-state index in [-0.39, 0.29) is 11.9 Å². The van der Waals surface area contributed by atoms with E-state index < -0.39 is 0 Å². The van der Waals surface area contributed by atoms with Crippen LogP contribution in [0.15, 0.2) is 0 Å². The van der Waals surface area contributed by atoms with Gasteiger partial charge in [0, 0.05) is 19.1 Å². The molecule has 106 valence electrons. The molecular formula is C13H22N4OS. The van der Waals surface area contributed by atoms with E-state index in [1.54, 1.807) is 0 Å². The fraction of sp³-hybridized carbons (Fsp3) is 0.769. The van der Waals surface area contributed by atoms with Gasteiger partial charge in [0.15, 0.2) is 0 Å². The van der Waals surface area contributed by atoms with Gasteiger partial charge in [-0.15, -0.1) is 10.2 Å². The van der Waals surface area contributed by atoms with E-state index in [0.29, 0.717) is 16.8 Å². The zero-order valence-electron chi connectivity index (χ0n) is 12.0. The lowest BCUT2D eigenvalue weighted by molar-refractivity contribution is 0.0454. The lowest BCUT2D eigenvalue weighted by Gasteiger charge is -2.40. The van der Waals surface area contributed by atoms with Crippen molar-refractivity contribution in [2.24, 2.45) is 11.8 Å². The molecule has 1 fully saturated rings. The molecule has 1 aliphatic rings. The summed E-state index contributed by atoms with van der Waals surface area (Å²) in [5, 5.41) is 12.3. The number of nitrogens with one attached hydrogen (secondary N) is 1. The van der Waals surface area contributed by atoms with Crippen LogP contribution in [0.25, 0.3) is 0 Å². The van der Waals surface area contributed by atoms with Gasteiger partial charge in [0.05, 0.1) is 0 Å². The summed E-state index contributed by atoms with van der Waals surface area (Å²) in [6, 6.07) is 0.273. The summed E-state index contributed by atoms with van der Waals surface area (Å²) in [6.07, 6.45) is 1.18. The molecule has 1 N–H and O–H groups in total. The smallest absolute Gasteiger partial charge is 0.285 e. The highest BCUT2D eigenvalue weighted by Gasteiger charge is 2.33. The predicted molar refractivity (Wildman–Crippen MR) is 77.5 cm³/mol. The highest BCUT2D eigenvalue weighted by Crippen LogP contribution is 2.29. The zero-order valence-corrected chi connectivity index (χ0v) is 12.8. The summed E-state index contributed by atoms with van der Waals surface area (Å²) in [4.78, 5) is 14.5. The maximum absolute atomic E-state index is 12.5. The van der Waals surface area contributed by atoms with Gasteiger partial charge < -0.3 is 10.2 Å². The Balaban J connectivity index is 2.12. The second-order valence-corrected chi connectivity index (χ2v) is 6.44. The molecule has 1 saturated heterocycles. The van der Waals surface area contributed by atoms with Crippen LogP contribution in [0.5, 0.6) is 0 Å². The van der Waals surface area contributed by atoms with Gasteiger partial charge in [0.2, 0.25) is 10.1 Å². The predicted octanol–water partition coefficient (Wildman–Crippen LogP) is 2.48. The Bertz CT molecular complexity index is 448.